The van der Waals surface area contributed by atoms with Crippen LogP contribution in [0.1, 0.15) is 64.6 Å². The fourth-order valence-electron chi connectivity index (χ4n) is 7.91. The predicted molar refractivity (Wildman–Crippen MR) is 216 cm³/mol. The first-order valence-corrected chi connectivity index (χ1v) is 19.8. The molecule has 58 heavy (non-hydrogen) atoms. The third-order valence-electron chi connectivity index (χ3n) is 10.5. The molecular formula is C43H51FN6O8. The molecule has 0 aliphatic carbocycles. The number of ether oxygens (including phenoxy) is 5. The highest BCUT2D eigenvalue weighted by molar-refractivity contribution is 6.01. The Balaban J connectivity index is 1.25. The zero-order valence-corrected chi connectivity index (χ0v) is 33.7. The summed E-state index contributed by atoms with van der Waals surface area (Å²) in [5.74, 6) is -0.528. The number of carbonyl (C=O) groups is 2. The number of nitrogens with zero attached hydrogens (tertiary/aromatic N) is 6. The lowest BCUT2D eigenvalue weighted by atomic mass is 9.95. The largest absolute Gasteiger partial charge is 0.481 e. The summed E-state index contributed by atoms with van der Waals surface area (Å²) in [6, 6.07) is 13.3. The van der Waals surface area contributed by atoms with Gasteiger partial charge in [0.2, 0.25) is 0 Å². The fraction of sp³-hybridized carbons (Fsp3) is 0.465. The highest BCUT2D eigenvalue weighted by Gasteiger charge is 2.45. The smallest absolute Gasteiger partial charge is 0.410 e. The van der Waals surface area contributed by atoms with Gasteiger partial charge in [0.15, 0.2) is 12.6 Å². The summed E-state index contributed by atoms with van der Waals surface area (Å²) in [5.41, 5.74) is 2.00. The fourth-order valence-corrected chi connectivity index (χ4v) is 7.91. The number of amides is 1. The Morgan fingerprint density at radius 3 is 2.53 bits per heavy atom. The molecule has 2 fully saturated rings. The average molecular weight is 799 g/mol. The Hall–Kier alpha value is -5.54. The van der Waals surface area contributed by atoms with Crippen LogP contribution in [-0.2, 0) is 38.6 Å². The zero-order chi connectivity index (χ0) is 41.0. The molecule has 5 heterocycles. The first-order chi connectivity index (χ1) is 27.9. The maximum absolute atomic E-state index is 17.4. The Morgan fingerprint density at radius 1 is 1.02 bits per heavy atom. The maximum atomic E-state index is 17.4. The lowest BCUT2D eigenvalue weighted by Crippen LogP contribution is -2.57. The Morgan fingerprint density at radius 2 is 1.81 bits per heavy atom. The molecule has 1 amide bonds. The molecule has 0 spiro atoms. The van der Waals surface area contributed by atoms with Crippen LogP contribution in [0, 0.1) is 5.82 Å². The van der Waals surface area contributed by atoms with E-state index in [9.17, 15) is 9.59 Å². The second-order valence-electron chi connectivity index (χ2n) is 15.7. The van der Waals surface area contributed by atoms with Gasteiger partial charge in [-0.05, 0) is 87.1 Å². The number of anilines is 1. The normalized spacial score (nSPS) is 16.7. The molecule has 2 saturated heterocycles. The van der Waals surface area contributed by atoms with Crippen molar-refractivity contribution in [3.8, 4) is 23.0 Å². The molecule has 2 aromatic carbocycles. The van der Waals surface area contributed by atoms with Crippen molar-refractivity contribution in [1.29, 1.82) is 0 Å². The molecule has 1 N–H and O–H groups in total. The third-order valence-corrected chi connectivity index (χ3v) is 10.5. The average Bonchev–Trinajstić information content (AvgIpc) is 3.76. The molecule has 0 radical (unpaired) electrons. The predicted octanol–water partition coefficient (Wildman–Crippen LogP) is 7.38. The van der Waals surface area contributed by atoms with E-state index in [1.54, 1.807) is 19.4 Å². The molecule has 2 aliphatic rings. The monoisotopic (exact) mass is 798 g/mol. The van der Waals surface area contributed by atoms with Crippen molar-refractivity contribution in [1.82, 2.24) is 24.4 Å². The van der Waals surface area contributed by atoms with Gasteiger partial charge < -0.3 is 38.3 Å². The number of methoxy groups -OCH3 is 1. The summed E-state index contributed by atoms with van der Waals surface area (Å²) in [5, 5.41) is 11.0. The molecular weight excluding hydrogens is 748 g/mol. The van der Waals surface area contributed by atoms with Gasteiger partial charge in [-0.3, -0.25) is 14.7 Å². The number of piperazine rings is 1. The van der Waals surface area contributed by atoms with Crippen molar-refractivity contribution in [3.63, 3.8) is 0 Å². The summed E-state index contributed by atoms with van der Waals surface area (Å²) in [4.78, 5) is 42.4. The number of carboxylic acids is 1. The van der Waals surface area contributed by atoms with E-state index >= 15 is 4.39 Å². The quantitative estimate of drug-likeness (QED) is 0.0784. The van der Waals surface area contributed by atoms with E-state index < -0.39 is 17.4 Å². The topological polar surface area (TPSA) is 151 Å². The molecule has 2 bridgehead atoms. The number of hydrogen-bond donors (Lipinski definition) is 1. The standard InChI is InChI=1S/C43H51FN6O8/c1-6-27-10-7-11-28-20-32(57-26-54-5)21-33(36(27)28)38-37(44)39-34(22-45-38)40(49-23-29-13-14-30(24-49)50(29)42(53)58-43(2,3)4)47-41(46-39)56-25-31-12-8-16-48(31)17-9-18-55-19-15-35(51)52/h7-8,10-12,16,20-22,29-30H,6,9,13-15,17-19,23-26H2,1-5H3,(H,51,52)/t29-,30?/m0/s1. The summed E-state index contributed by atoms with van der Waals surface area (Å²) in [6.45, 7) is 9.90. The number of aliphatic carboxylic acids is 1. The molecule has 7 rings (SSSR count). The van der Waals surface area contributed by atoms with Gasteiger partial charge in [-0.15, -0.1) is 0 Å². The zero-order valence-electron chi connectivity index (χ0n) is 33.7. The molecule has 15 heteroatoms. The number of halogens is 1. The highest BCUT2D eigenvalue weighted by atomic mass is 19.1. The minimum absolute atomic E-state index is 0.00140. The second kappa shape index (κ2) is 17.5. The number of benzene rings is 2. The van der Waals surface area contributed by atoms with Gasteiger partial charge in [0.25, 0.3) is 0 Å². The lowest BCUT2D eigenvalue weighted by Gasteiger charge is -2.42. The van der Waals surface area contributed by atoms with Crippen LogP contribution in [0.4, 0.5) is 15.0 Å². The van der Waals surface area contributed by atoms with Crippen molar-refractivity contribution in [3.05, 3.63) is 71.9 Å². The van der Waals surface area contributed by atoms with Crippen LogP contribution in [0.25, 0.3) is 32.9 Å². The van der Waals surface area contributed by atoms with Gasteiger partial charge in [-0.25, -0.2) is 9.18 Å². The number of rotatable bonds is 16. The van der Waals surface area contributed by atoms with Crippen molar-refractivity contribution in [2.75, 3.05) is 45.1 Å². The van der Waals surface area contributed by atoms with Crippen LogP contribution in [0.2, 0.25) is 0 Å². The van der Waals surface area contributed by atoms with E-state index in [0.717, 1.165) is 41.3 Å². The summed E-state index contributed by atoms with van der Waals surface area (Å²) >= 11 is 0. The Kier molecular flexibility index (Phi) is 12.3. The molecule has 14 nitrogen and oxygen atoms in total. The van der Waals surface area contributed by atoms with Crippen molar-refractivity contribution in [2.45, 2.75) is 90.6 Å². The molecule has 3 aromatic heterocycles. The number of hydrogen-bond acceptors (Lipinski definition) is 11. The SMILES string of the molecule is CCc1cccc2cc(OCOC)cc(-c3ncc4c(N5CC6CC[C@@H](C5)N6C(=O)OC(C)(C)C)nc(OCc5cccn5CCCOCCC(=O)O)nc4c3F)c12. The number of carbonyl (C=O) groups excluding carboxylic acids is 1. The molecule has 1 unspecified atom stereocenters. The van der Waals surface area contributed by atoms with Crippen LogP contribution in [0.5, 0.6) is 11.8 Å². The number of aromatic nitrogens is 4. The first kappa shape index (κ1) is 40.6. The third kappa shape index (κ3) is 8.95. The minimum atomic E-state index is -0.896. The van der Waals surface area contributed by atoms with E-state index in [2.05, 4.69) is 11.8 Å². The van der Waals surface area contributed by atoms with E-state index in [4.69, 9.17) is 43.7 Å². The number of pyridine rings is 1. The molecule has 2 aliphatic heterocycles. The lowest BCUT2D eigenvalue weighted by molar-refractivity contribution is -0.138. The molecule has 0 saturated carbocycles. The maximum Gasteiger partial charge on any atom is 0.410 e. The van der Waals surface area contributed by atoms with Gasteiger partial charge >= 0.3 is 18.1 Å². The van der Waals surface area contributed by atoms with Crippen LogP contribution in [0.15, 0.2) is 54.9 Å². The van der Waals surface area contributed by atoms with Crippen molar-refractivity contribution in [2.24, 2.45) is 0 Å². The van der Waals surface area contributed by atoms with E-state index in [1.165, 1.54) is 0 Å². The van der Waals surface area contributed by atoms with E-state index in [1.807, 2.05) is 72.8 Å². The Bertz CT molecular complexity index is 2260. The van der Waals surface area contributed by atoms with Crippen LogP contribution >= 0.6 is 0 Å². The number of aryl methyl sites for hydroxylation is 2. The van der Waals surface area contributed by atoms with Gasteiger partial charge in [0.1, 0.15) is 35.0 Å². The van der Waals surface area contributed by atoms with Gasteiger partial charge in [0, 0.05) is 51.3 Å². The van der Waals surface area contributed by atoms with E-state index in [0.29, 0.717) is 55.2 Å². The van der Waals surface area contributed by atoms with Crippen molar-refractivity contribution >= 4 is 39.6 Å². The molecule has 2 atom stereocenters. The number of carboxylic acid groups (broad SMARTS) is 1. The molecule has 5 aromatic rings. The van der Waals surface area contributed by atoms with Crippen LogP contribution < -0.4 is 14.4 Å². The summed E-state index contributed by atoms with van der Waals surface area (Å²) in [7, 11) is 1.54. The molecule has 308 valence electrons. The van der Waals surface area contributed by atoms with Gasteiger partial charge in [-0.1, -0.05) is 25.1 Å². The minimum Gasteiger partial charge on any atom is -0.481 e. The van der Waals surface area contributed by atoms with Crippen LogP contribution in [-0.4, -0.2) is 99.5 Å². The van der Waals surface area contributed by atoms with Gasteiger partial charge in [-0.2, -0.15) is 9.97 Å². The second-order valence-corrected chi connectivity index (χ2v) is 15.7. The Labute approximate surface area is 336 Å². The van der Waals surface area contributed by atoms with Crippen molar-refractivity contribution < 1.29 is 42.8 Å². The first-order valence-electron chi connectivity index (χ1n) is 19.8. The summed E-state index contributed by atoms with van der Waals surface area (Å²) in [6.07, 6.45) is 6.18. The van der Waals surface area contributed by atoms with Crippen LogP contribution in [0.3, 0.4) is 0 Å². The number of fused-ring (bicyclic) bond motifs is 4. The van der Waals surface area contributed by atoms with E-state index in [-0.39, 0.29) is 61.8 Å². The van der Waals surface area contributed by atoms with Gasteiger partial charge in [0.05, 0.1) is 36.2 Å². The summed E-state index contributed by atoms with van der Waals surface area (Å²) < 4.78 is 47.9. The highest BCUT2D eigenvalue weighted by Crippen LogP contribution is 2.40.